The molecule has 0 aromatic carbocycles. The van der Waals surface area contributed by atoms with E-state index in [9.17, 15) is 4.79 Å². The molecule has 2 fully saturated rings. The third-order valence-corrected chi connectivity index (χ3v) is 6.07. The number of aromatic nitrogens is 2. The molecule has 1 aliphatic carbocycles. The standard InChI is InChI=1S/C16H24N4O2/c1-15(2)13-11(4-3-9-22-13)16(15,17)14(21)20-8-7-19-6-5-18-12(19)10-20/h5-6,11,13H,3-4,7-10,17H2,1-2H3. The maximum Gasteiger partial charge on any atom is 0.244 e. The molecule has 1 amide bonds. The van der Waals surface area contributed by atoms with Crippen LogP contribution in [0.1, 0.15) is 32.5 Å². The zero-order chi connectivity index (χ0) is 15.5. The molecule has 0 bridgehead atoms. The lowest BCUT2D eigenvalue weighted by Crippen LogP contribution is -2.82. The monoisotopic (exact) mass is 304 g/mol. The fourth-order valence-corrected chi connectivity index (χ4v) is 4.62. The molecule has 4 rings (SSSR count). The van der Waals surface area contributed by atoms with Gasteiger partial charge >= 0.3 is 0 Å². The van der Waals surface area contributed by atoms with Gasteiger partial charge in [0.1, 0.15) is 11.4 Å². The predicted octanol–water partition coefficient (Wildman–Crippen LogP) is 0.758. The largest absolute Gasteiger partial charge is 0.377 e. The van der Waals surface area contributed by atoms with Crippen LogP contribution in [0.15, 0.2) is 12.4 Å². The van der Waals surface area contributed by atoms with E-state index in [-0.39, 0.29) is 23.3 Å². The zero-order valence-electron chi connectivity index (χ0n) is 13.3. The molecule has 1 aromatic heterocycles. The first-order valence-electron chi connectivity index (χ1n) is 8.16. The molecule has 6 nitrogen and oxygen atoms in total. The molecule has 1 saturated heterocycles. The number of ether oxygens (including phenoxy) is 1. The van der Waals surface area contributed by atoms with Crippen molar-refractivity contribution in [2.75, 3.05) is 13.2 Å². The number of carbonyl (C=O) groups excluding carboxylic acids is 1. The highest BCUT2D eigenvalue weighted by Crippen LogP contribution is 2.58. The van der Waals surface area contributed by atoms with Crippen molar-refractivity contribution in [1.29, 1.82) is 0 Å². The average Bonchev–Trinajstić information content (AvgIpc) is 3.00. The maximum atomic E-state index is 13.2. The second kappa shape index (κ2) is 4.55. The molecule has 6 heteroatoms. The van der Waals surface area contributed by atoms with Crippen LogP contribution in [0.5, 0.6) is 0 Å². The van der Waals surface area contributed by atoms with E-state index in [4.69, 9.17) is 10.5 Å². The molecule has 0 radical (unpaired) electrons. The van der Waals surface area contributed by atoms with E-state index in [1.807, 2.05) is 11.1 Å². The number of nitrogens with zero attached hydrogens (tertiary/aromatic N) is 3. The number of carbonyl (C=O) groups is 1. The Hall–Kier alpha value is -1.40. The van der Waals surface area contributed by atoms with Gasteiger partial charge in [-0.05, 0) is 12.8 Å². The van der Waals surface area contributed by atoms with Crippen molar-refractivity contribution in [3.05, 3.63) is 18.2 Å². The first-order chi connectivity index (χ1) is 10.5. The molecular weight excluding hydrogens is 280 g/mol. The fraction of sp³-hybridized carbons (Fsp3) is 0.750. The van der Waals surface area contributed by atoms with Gasteiger partial charge in [0.15, 0.2) is 0 Å². The van der Waals surface area contributed by atoms with Crippen LogP contribution in [-0.2, 0) is 22.6 Å². The highest BCUT2D eigenvalue weighted by Gasteiger charge is 2.70. The van der Waals surface area contributed by atoms with E-state index in [2.05, 4.69) is 23.4 Å². The van der Waals surface area contributed by atoms with E-state index < -0.39 is 5.54 Å². The van der Waals surface area contributed by atoms with Gasteiger partial charge in [0.25, 0.3) is 0 Å². The smallest absolute Gasteiger partial charge is 0.244 e. The van der Waals surface area contributed by atoms with Crippen LogP contribution in [0.25, 0.3) is 0 Å². The molecule has 22 heavy (non-hydrogen) atoms. The van der Waals surface area contributed by atoms with Crippen molar-refractivity contribution >= 4 is 5.91 Å². The second-order valence-corrected chi connectivity index (χ2v) is 7.39. The number of fused-ring (bicyclic) bond motifs is 2. The minimum absolute atomic E-state index is 0.0681. The van der Waals surface area contributed by atoms with Gasteiger partial charge in [0, 0.05) is 43.4 Å². The zero-order valence-corrected chi connectivity index (χ0v) is 13.3. The Bertz CT molecular complexity index is 611. The van der Waals surface area contributed by atoms with Gasteiger partial charge in [0.05, 0.1) is 12.6 Å². The van der Waals surface area contributed by atoms with Gasteiger partial charge in [-0.25, -0.2) is 4.98 Å². The number of hydrogen-bond donors (Lipinski definition) is 1. The Morgan fingerprint density at radius 3 is 3.09 bits per heavy atom. The Labute approximate surface area is 130 Å². The SMILES string of the molecule is CC1(C)C2OCCCC2C1(N)C(=O)N1CCn2ccnc2C1. The molecule has 3 heterocycles. The van der Waals surface area contributed by atoms with E-state index in [0.717, 1.165) is 31.8 Å². The average molecular weight is 304 g/mol. The number of imidazole rings is 1. The van der Waals surface area contributed by atoms with E-state index in [1.54, 1.807) is 6.20 Å². The Morgan fingerprint density at radius 1 is 1.45 bits per heavy atom. The summed E-state index contributed by atoms with van der Waals surface area (Å²) in [6.45, 7) is 6.98. The van der Waals surface area contributed by atoms with Gasteiger partial charge in [-0.1, -0.05) is 13.8 Å². The first-order valence-corrected chi connectivity index (χ1v) is 8.16. The number of nitrogens with two attached hydrogens (primary N) is 1. The van der Waals surface area contributed by atoms with Crippen LogP contribution in [0.3, 0.4) is 0 Å². The summed E-state index contributed by atoms with van der Waals surface area (Å²) in [7, 11) is 0. The minimum atomic E-state index is -0.813. The number of amides is 1. The quantitative estimate of drug-likeness (QED) is 0.831. The van der Waals surface area contributed by atoms with Crippen molar-refractivity contribution in [3.8, 4) is 0 Å². The highest BCUT2D eigenvalue weighted by atomic mass is 16.5. The fourth-order valence-electron chi connectivity index (χ4n) is 4.62. The molecule has 2 aliphatic heterocycles. The second-order valence-electron chi connectivity index (χ2n) is 7.39. The predicted molar refractivity (Wildman–Crippen MR) is 80.8 cm³/mol. The van der Waals surface area contributed by atoms with Gasteiger partial charge in [-0.15, -0.1) is 0 Å². The van der Waals surface area contributed by atoms with Gasteiger partial charge < -0.3 is 19.9 Å². The van der Waals surface area contributed by atoms with E-state index >= 15 is 0 Å². The number of rotatable bonds is 1. The summed E-state index contributed by atoms with van der Waals surface area (Å²) in [5, 5.41) is 0. The first kappa shape index (κ1) is 14.2. The summed E-state index contributed by atoms with van der Waals surface area (Å²) in [6.07, 6.45) is 5.85. The van der Waals surface area contributed by atoms with Crippen LogP contribution in [0.4, 0.5) is 0 Å². The lowest BCUT2D eigenvalue weighted by Gasteiger charge is -2.65. The highest BCUT2D eigenvalue weighted by molar-refractivity contribution is 5.89. The summed E-state index contributed by atoms with van der Waals surface area (Å²) in [5.74, 6) is 1.15. The van der Waals surface area contributed by atoms with E-state index in [0.29, 0.717) is 13.1 Å². The van der Waals surface area contributed by atoms with Crippen molar-refractivity contribution < 1.29 is 9.53 Å². The summed E-state index contributed by atoms with van der Waals surface area (Å²) >= 11 is 0. The van der Waals surface area contributed by atoms with Crippen LogP contribution < -0.4 is 5.73 Å². The summed E-state index contributed by atoms with van der Waals surface area (Å²) in [5.41, 5.74) is 5.58. The van der Waals surface area contributed by atoms with Crippen LogP contribution in [0, 0.1) is 11.3 Å². The van der Waals surface area contributed by atoms with Crippen molar-refractivity contribution in [3.63, 3.8) is 0 Å². The topological polar surface area (TPSA) is 73.4 Å². The third kappa shape index (κ3) is 1.62. The third-order valence-electron chi connectivity index (χ3n) is 6.07. The molecule has 3 aliphatic rings. The van der Waals surface area contributed by atoms with Gasteiger partial charge in [-0.3, -0.25) is 4.79 Å². The Balaban J connectivity index is 1.60. The molecule has 1 aromatic rings. The van der Waals surface area contributed by atoms with Crippen LogP contribution in [0.2, 0.25) is 0 Å². The lowest BCUT2D eigenvalue weighted by atomic mass is 9.46. The molecule has 1 saturated carbocycles. The molecular formula is C16H24N4O2. The summed E-state index contributed by atoms with van der Waals surface area (Å²) in [6, 6.07) is 0. The van der Waals surface area contributed by atoms with E-state index in [1.165, 1.54) is 0 Å². The summed E-state index contributed by atoms with van der Waals surface area (Å²) < 4.78 is 8.00. The number of hydrogen-bond acceptors (Lipinski definition) is 4. The molecule has 3 atom stereocenters. The Kier molecular flexibility index (Phi) is 2.94. The Morgan fingerprint density at radius 2 is 2.27 bits per heavy atom. The lowest BCUT2D eigenvalue weighted by molar-refractivity contribution is -0.230. The normalized spacial score (nSPS) is 36.2. The summed E-state index contributed by atoms with van der Waals surface area (Å²) in [4.78, 5) is 19.4. The molecule has 3 unspecified atom stereocenters. The van der Waals surface area contributed by atoms with Crippen LogP contribution in [-0.4, -0.2) is 45.2 Å². The maximum absolute atomic E-state index is 13.2. The van der Waals surface area contributed by atoms with Crippen molar-refractivity contribution in [1.82, 2.24) is 14.5 Å². The molecule has 120 valence electrons. The molecule has 2 N–H and O–H groups in total. The van der Waals surface area contributed by atoms with Gasteiger partial charge in [-0.2, -0.15) is 0 Å². The van der Waals surface area contributed by atoms with Crippen LogP contribution >= 0.6 is 0 Å². The van der Waals surface area contributed by atoms with Gasteiger partial charge in [0.2, 0.25) is 5.91 Å². The molecule has 0 spiro atoms. The van der Waals surface area contributed by atoms with Crippen molar-refractivity contribution in [2.45, 2.75) is 51.4 Å². The minimum Gasteiger partial charge on any atom is -0.377 e. The van der Waals surface area contributed by atoms with Crippen molar-refractivity contribution in [2.24, 2.45) is 17.1 Å².